The van der Waals surface area contributed by atoms with Gasteiger partial charge in [0.2, 0.25) is 0 Å². The number of H-pyrrole nitrogens is 1. The standard InChI is InChI=1S/C21H25N3O/c1-14(25-18-11-7-16(8-12-18)21(2,3)4)19-13-20(24-23-19)15-5-9-17(22)10-6-15/h5-14H,22H2,1-4H3,(H,23,24). The summed E-state index contributed by atoms with van der Waals surface area (Å²) in [4.78, 5) is 0. The van der Waals surface area contributed by atoms with Gasteiger partial charge in [0.1, 0.15) is 11.9 Å². The minimum absolute atomic E-state index is 0.115. The normalized spacial score (nSPS) is 12.8. The van der Waals surface area contributed by atoms with Crippen molar-refractivity contribution in [1.29, 1.82) is 0 Å². The molecule has 3 N–H and O–H groups in total. The number of aromatic nitrogens is 2. The molecule has 0 aliphatic carbocycles. The Bertz CT molecular complexity index is 827. The quantitative estimate of drug-likeness (QED) is 0.652. The highest BCUT2D eigenvalue weighted by Crippen LogP contribution is 2.27. The molecule has 0 saturated carbocycles. The van der Waals surface area contributed by atoms with Gasteiger partial charge in [-0.3, -0.25) is 5.10 Å². The monoisotopic (exact) mass is 335 g/mol. The van der Waals surface area contributed by atoms with Gasteiger partial charge in [0.05, 0.1) is 11.4 Å². The van der Waals surface area contributed by atoms with E-state index in [4.69, 9.17) is 10.5 Å². The van der Waals surface area contributed by atoms with E-state index in [0.717, 1.165) is 28.4 Å². The van der Waals surface area contributed by atoms with Crippen molar-refractivity contribution in [3.63, 3.8) is 0 Å². The predicted molar refractivity (Wildman–Crippen MR) is 103 cm³/mol. The average Bonchev–Trinajstić information content (AvgIpc) is 3.05. The van der Waals surface area contributed by atoms with Crippen LogP contribution in [0.25, 0.3) is 11.3 Å². The Hall–Kier alpha value is -2.75. The van der Waals surface area contributed by atoms with Crippen molar-refractivity contribution >= 4 is 5.69 Å². The molecule has 0 amide bonds. The van der Waals surface area contributed by atoms with Gasteiger partial charge in [-0.1, -0.05) is 45.0 Å². The lowest BCUT2D eigenvalue weighted by atomic mass is 9.87. The molecule has 3 aromatic rings. The van der Waals surface area contributed by atoms with Crippen molar-refractivity contribution in [2.45, 2.75) is 39.2 Å². The lowest BCUT2D eigenvalue weighted by molar-refractivity contribution is 0.221. The molecule has 1 atom stereocenters. The van der Waals surface area contributed by atoms with Crippen LogP contribution in [0.15, 0.2) is 54.6 Å². The number of hydrogen-bond acceptors (Lipinski definition) is 3. The van der Waals surface area contributed by atoms with Gasteiger partial charge in [0.15, 0.2) is 0 Å². The fourth-order valence-corrected chi connectivity index (χ4v) is 2.65. The smallest absolute Gasteiger partial charge is 0.137 e. The van der Waals surface area contributed by atoms with Crippen LogP contribution in [-0.2, 0) is 5.41 Å². The summed E-state index contributed by atoms with van der Waals surface area (Å²) in [5.74, 6) is 0.851. The molecule has 0 aliphatic heterocycles. The van der Waals surface area contributed by atoms with Gasteiger partial charge in [0, 0.05) is 11.3 Å². The van der Waals surface area contributed by atoms with Crippen LogP contribution in [0.5, 0.6) is 5.75 Å². The molecule has 4 heteroatoms. The Labute approximate surface area is 149 Å². The first-order valence-electron chi connectivity index (χ1n) is 8.51. The van der Waals surface area contributed by atoms with Gasteiger partial charge < -0.3 is 10.5 Å². The van der Waals surface area contributed by atoms with E-state index in [1.807, 2.05) is 49.4 Å². The van der Waals surface area contributed by atoms with Crippen LogP contribution >= 0.6 is 0 Å². The maximum absolute atomic E-state index is 6.05. The molecule has 0 fully saturated rings. The first-order valence-corrected chi connectivity index (χ1v) is 8.51. The Kier molecular flexibility index (Phi) is 4.53. The van der Waals surface area contributed by atoms with Crippen LogP contribution in [0.1, 0.15) is 45.1 Å². The molecule has 1 unspecified atom stereocenters. The Morgan fingerprint density at radius 3 is 2.24 bits per heavy atom. The topological polar surface area (TPSA) is 63.9 Å². The molecule has 0 aliphatic rings. The fourth-order valence-electron chi connectivity index (χ4n) is 2.65. The Balaban J connectivity index is 1.71. The third kappa shape index (κ3) is 4.02. The number of ether oxygens (including phenoxy) is 1. The van der Waals surface area contributed by atoms with Gasteiger partial charge >= 0.3 is 0 Å². The summed E-state index contributed by atoms with van der Waals surface area (Å²) in [6.45, 7) is 8.62. The van der Waals surface area contributed by atoms with E-state index in [9.17, 15) is 0 Å². The van der Waals surface area contributed by atoms with Gasteiger partial charge in [-0.15, -0.1) is 0 Å². The minimum Gasteiger partial charge on any atom is -0.484 e. The summed E-state index contributed by atoms with van der Waals surface area (Å²) in [6, 6.07) is 18.0. The van der Waals surface area contributed by atoms with E-state index >= 15 is 0 Å². The van der Waals surface area contributed by atoms with Crippen molar-refractivity contribution in [1.82, 2.24) is 10.2 Å². The molecular weight excluding hydrogens is 310 g/mol. The number of rotatable bonds is 4. The predicted octanol–water partition coefficient (Wildman–Crippen LogP) is 5.10. The summed E-state index contributed by atoms with van der Waals surface area (Å²) < 4.78 is 6.05. The Morgan fingerprint density at radius 2 is 1.64 bits per heavy atom. The first-order chi connectivity index (χ1) is 11.8. The number of aromatic amines is 1. The van der Waals surface area contributed by atoms with Crippen LogP contribution in [0, 0.1) is 0 Å². The summed E-state index contributed by atoms with van der Waals surface area (Å²) in [5.41, 5.74) is 10.8. The summed E-state index contributed by atoms with van der Waals surface area (Å²) in [7, 11) is 0. The molecule has 1 heterocycles. The van der Waals surface area contributed by atoms with Crippen LogP contribution in [0.2, 0.25) is 0 Å². The van der Waals surface area contributed by atoms with Gasteiger partial charge in [0.25, 0.3) is 0 Å². The number of nitrogens with two attached hydrogens (primary N) is 1. The van der Waals surface area contributed by atoms with E-state index in [-0.39, 0.29) is 11.5 Å². The number of nitrogen functional groups attached to an aromatic ring is 1. The minimum atomic E-state index is -0.115. The van der Waals surface area contributed by atoms with Gasteiger partial charge in [-0.2, -0.15) is 5.10 Å². The highest BCUT2D eigenvalue weighted by atomic mass is 16.5. The maximum Gasteiger partial charge on any atom is 0.137 e. The molecule has 3 rings (SSSR count). The fraction of sp³-hybridized carbons (Fsp3) is 0.286. The number of benzene rings is 2. The van der Waals surface area contributed by atoms with Crippen molar-refractivity contribution in [3.05, 3.63) is 65.9 Å². The van der Waals surface area contributed by atoms with Gasteiger partial charge in [-0.25, -0.2) is 0 Å². The lowest BCUT2D eigenvalue weighted by Crippen LogP contribution is -2.10. The zero-order chi connectivity index (χ0) is 18.0. The van der Waals surface area contributed by atoms with E-state index in [1.54, 1.807) is 0 Å². The molecular formula is C21H25N3O. The summed E-state index contributed by atoms with van der Waals surface area (Å²) in [6.07, 6.45) is -0.115. The van der Waals surface area contributed by atoms with Crippen molar-refractivity contribution in [2.75, 3.05) is 5.73 Å². The van der Waals surface area contributed by atoms with Crippen molar-refractivity contribution in [3.8, 4) is 17.0 Å². The van der Waals surface area contributed by atoms with Crippen LogP contribution in [-0.4, -0.2) is 10.2 Å². The third-order valence-corrected chi connectivity index (χ3v) is 4.28. The van der Waals surface area contributed by atoms with Gasteiger partial charge in [-0.05, 0) is 48.2 Å². The second-order valence-corrected chi connectivity index (χ2v) is 7.36. The maximum atomic E-state index is 6.05. The summed E-state index contributed by atoms with van der Waals surface area (Å²) >= 11 is 0. The molecule has 4 nitrogen and oxygen atoms in total. The SMILES string of the molecule is CC(Oc1ccc(C(C)(C)C)cc1)c1cc(-c2ccc(N)cc2)n[nH]1. The second kappa shape index (κ2) is 6.63. The number of hydrogen-bond donors (Lipinski definition) is 2. The number of nitrogens with one attached hydrogen (secondary N) is 1. The van der Waals surface area contributed by atoms with Crippen molar-refractivity contribution in [2.24, 2.45) is 0 Å². The highest BCUT2D eigenvalue weighted by Gasteiger charge is 2.15. The molecule has 0 saturated heterocycles. The van der Waals surface area contributed by atoms with Crippen LogP contribution < -0.4 is 10.5 Å². The summed E-state index contributed by atoms with van der Waals surface area (Å²) in [5, 5.41) is 7.45. The largest absolute Gasteiger partial charge is 0.484 e. The second-order valence-electron chi connectivity index (χ2n) is 7.36. The first kappa shape index (κ1) is 17.1. The molecule has 25 heavy (non-hydrogen) atoms. The molecule has 130 valence electrons. The van der Waals surface area contributed by atoms with E-state index in [2.05, 4.69) is 43.1 Å². The average molecular weight is 335 g/mol. The molecule has 1 aromatic heterocycles. The van der Waals surface area contributed by atoms with E-state index in [0.29, 0.717) is 0 Å². The number of nitrogens with zero attached hydrogens (tertiary/aromatic N) is 1. The van der Waals surface area contributed by atoms with Crippen molar-refractivity contribution < 1.29 is 4.74 Å². The highest BCUT2D eigenvalue weighted by molar-refractivity contribution is 5.62. The molecule has 0 radical (unpaired) electrons. The molecule has 0 spiro atoms. The lowest BCUT2D eigenvalue weighted by Gasteiger charge is -2.20. The van der Waals surface area contributed by atoms with E-state index in [1.165, 1.54) is 5.56 Å². The zero-order valence-corrected chi connectivity index (χ0v) is 15.2. The number of anilines is 1. The van der Waals surface area contributed by atoms with Crippen LogP contribution in [0.3, 0.4) is 0 Å². The zero-order valence-electron chi connectivity index (χ0n) is 15.2. The van der Waals surface area contributed by atoms with Crippen LogP contribution in [0.4, 0.5) is 5.69 Å². The van der Waals surface area contributed by atoms with E-state index < -0.39 is 0 Å². The third-order valence-electron chi connectivity index (χ3n) is 4.28. The molecule has 2 aromatic carbocycles. The Morgan fingerprint density at radius 1 is 1.00 bits per heavy atom. The molecule has 0 bridgehead atoms.